The zero-order valence-electron chi connectivity index (χ0n) is 21.1. The van der Waals surface area contributed by atoms with Crippen molar-refractivity contribution < 1.29 is 19.4 Å². The van der Waals surface area contributed by atoms with Gasteiger partial charge in [0.05, 0.1) is 12.8 Å². The van der Waals surface area contributed by atoms with E-state index in [0.29, 0.717) is 23.3 Å². The quantitative estimate of drug-likeness (QED) is 0.509. The number of fused-ring (bicyclic) bond motifs is 7. The van der Waals surface area contributed by atoms with Crippen LogP contribution in [0.5, 0.6) is 5.75 Å². The zero-order valence-corrected chi connectivity index (χ0v) is 21.9. The number of aromatic nitrogens is 1. The molecule has 1 amide bonds. The number of hydrogen-bond acceptors (Lipinski definition) is 4. The minimum atomic E-state index is -3.87. The van der Waals surface area contributed by atoms with Crippen molar-refractivity contribution in [3.8, 4) is 17.0 Å². The monoisotopic (exact) mass is 509 g/mol. The standard InChI is InChI=1S/C28H33N3O4S.H2/c1-30(2)36(33,34)29-28(32)18-12-13-20-23(15-18)31-16-19-14-22(19)26-21(10-7-11-24(26)35-3)27(31)25(20)17-8-5-4-6-9-17;/h7,10-13,15,17,19,22H,4-6,8-9,14,16H2,1-3H3,(H,29,32);1H. The number of methoxy groups -OCH3 is 1. The highest BCUT2D eigenvalue weighted by Crippen LogP contribution is 2.59. The van der Waals surface area contributed by atoms with Crippen LogP contribution in [0, 0.1) is 5.92 Å². The summed E-state index contributed by atoms with van der Waals surface area (Å²) < 4.78 is 36.0. The number of ether oxygens (including phenoxy) is 1. The Kier molecular flexibility index (Phi) is 5.64. The third-order valence-electron chi connectivity index (χ3n) is 8.33. The van der Waals surface area contributed by atoms with Gasteiger partial charge < -0.3 is 9.30 Å². The summed E-state index contributed by atoms with van der Waals surface area (Å²) in [5.74, 6) is 1.84. The van der Waals surface area contributed by atoms with E-state index in [0.717, 1.165) is 28.5 Å². The Morgan fingerprint density at radius 3 is 2.61 bits per heavy atom. The molecular weight excluding hydrogens is 474 g/mol. The van der Waals surface area contributed by atoms with Crippen molar-refractivity contribution in [3.05, 3.63) is 53.1 Å². The SMILES string of the molecule is COc1cccc2c1C1CC1Cn1c-2c(C2CCCCC2)c2ccc(C(=O)NS(=O)(=O)N(C)C)cc21.[HH]. The van der Waals surface area contributed by atoms with E-state index in [1.807, 2.05) is 12.1 Å². The second kappa shape index (κ2) is 8.63. The molecule has 192 valence electrons. The predicted octanol–water partition coefficient (Wildman–Crippen LogP) is 5.26. The predicted molar refractivity (Wildman–Crippen MR) is 143 cm³/mol. The third kappa shape index (κ3) is 3.73. The largest absolute Gasteiger partial charge is 0.496 e. The van der Waals surface area contributed by atoms with Gasteiger partial charge in [-0.3, -0.25) is 4.79 Å². The first-order valence-corrected chi connectivity index (χ1v) is 14.3. The fraction of sp³-hybridized carbons (Fsp3) is 0.464. The van der Waals surface area contributed by atoms with Gasteiger partial charge in [-0.15, -0.1) is 0 Å². The fourth-order valence-electron chi connectivity index (χ4n) is 6.42. The molecule has 0 spiro atoms. The fourth-order valence-corrected chi connectivity index (χ4v) is 6.95. The van der Waals surface area contributed by atoms with Crippen LogP contribution in [0.15, 0.2) is 36.4 Å². The van der Waals surface area contributed by atoms with Crippen LogP contribution in [-0.2, 0) is 16.8 Å². The molecule has 7 nitrogen and oxygen atoms in total. The number of hydrogen-bond donors (Lipinski definition) is 1. The van der Waals surface area contributed by atoms with Gasteiger partial charge in [-0.25, -0.2) is 4.72 Å². The van der Waals surface area contributed by atoms with Gasteiger partial charge in [0.15, 0.2) is 0 Å². The molecule has 2 aromatic carbocycles. The summed E-state index contributed by atoms with van der Waals surface area (Å²) in [6, 6.07) is 12.1. The van der Waals surface area contributed by atoms with Crippen LogP contribution in [0.2, 0.25) is 0 Å². The second-order valence-corrected chi connectivity index (χ2v) is 12.6. The van der Waals surface area contributed by atoms with E-state index in [2.05, 4.69) is 27.5 Å². The highest BCUT2D eigenvalue weighted by atomic mass is 32.2. The van der Waals surface area contributed by atoms with E-state index < -0.39 is 16.1 Å². The lowest BCUT2D eigenvalue weighted by Gasteiger charge is -2.24. The molecule has 2 saturated carbocycles. The maximum Gasteiger partial charge on any atom is 0.303 e. The average Bonchev–Trinajstić information content (AvgIpc) is 3.58. The molecular formula is C28H35N3O4S. The van der Waals surface area contributed by atoms with Crippen LogP contribution in [0.25, 0.3) is 22.2 Å². The van der Waals surface area contributed by atoms with Crippen LogP contribution < -0.4 is 9.46 Å². The summed E-state index contributed by atoms with van der Waals surface area (Å²) in [6.45, 7) is 0.891. The normalized spacial score (nSPS) is 21.4. The molecule has 2 aliphatic carbocycles. The van der Waals surface area contributed by atoms with Gasteiger partial charge in [-0.2, -0.15) is 12.7 Å². The first kappa shape index (κ1) is 23.6. The van der Waals surface area contributed by atoms with Gasteiger partial charge in [0.1, 0.15) is 5.75 Å². The van der Waals surface area contributed by atoms with Crippen molar-refractivity contribution in [1.82, 2.24) is 13.6 Å². The molecule has 1 N–H and O–H groups in total. The van der Waals surface area contributed by atoms with E-state index in [9.17, 15) is 13.2 Å². The third-order valence-corrected chi connectivity index (χ3v) is 9.74. The van der Waals surface area contributed by atoms with Crippen molar-refractivity contribution >= 4 is 27.0 Å². The Morgan fingerprint density at radius 1 is 1.11 bits per heavy atom. The van der Waals surface area contributed by atoms with E-state index in [1.54, 1.807) is 13.2 Å². The molecule has 36 heavy (non-hydrogen) atoms. The van der Waals surface area contributed by atoms with Gasteiger partial charge in [-0.1, -0.05) is 37.5 Å². The summed E-state index contributed by atoms with van der Waals surface area (Å²) in [5.41, 5.74) is 6.58. The molecule has 0 saturated heterocycles. The smallest absolute Gasteiger partial charge is 0.303 e. The lowest BCUT2D eigenvalue weighted by Crippen LogP contribution is -2.39. The van der Waals surface area contributed by atoms with E-state index >= 15 is 0 Å². The maximum atomic E-state index is 13.0. The van der Waals surface area contributed by atoms with Crippen molar-refractivity contribution in [2.45, 2.75) is 56.9 Å². The number of nitrogens with one attached hydrogen (secondary N) is 1. The Hall–Kier alpha value is -2.84. The molecule has 6 rings (SSSR count). The summed E-state index contributed by atoms with van der Waals surface area (Å²) in [5, 5.41) is 1.18. The van der Waals surface area contributed by atoms with Crippen LogP contribution in [-0.4, -0.2) is 44.4 Å². The number of nitrogens with zero attached hydrogens (tertiary/aromatic N) is 2. The molecule has 2 heterocycles. The van der Waals surface area contributed by atoms with Crippen molar-refractivity contribution in [3.63, 3.8) is 0 Å². The zero-order chi connectivity index (χ0) is 25.2. The molecule has 0 radical (unpaired) electrons. The van der Waals surface area contributed by atoms with Crippen molar-refractivity contribution in [1.29, 1.82) is 0 Å². The molecule has 8 heteroatoms. The van der Waals surface area contributed by atoms with Crippen LogP contribution >= 0.6 is 0 Å². The Bertz CT molecular complexity index is 1470. The number of carbonyl (C=O) groups is 1. The Balaban J connectivity index is 0.00000280. The summed E-state index contributed by atoms with van der Waals surface area (Å²) in [4.78, 5) is 13.0. The second-order valence-electron chi connectivity index (χ2n) is 10.7. The number of amides is 1. The molecule has 3 aromatic rings. The summed E-state index contributed by atoms with van der Waals surface area (Å²) in [7, 11) is 0.687. The highest BCUT2D eigenvalue weighted by molar-refractivity contribution is 7.87. The van der Waals surface area contributed by atoms with Crippen molar-refractivity contribution in [2.75, 3.05) is 21.2 Å². The topological polar surface area (TPSA) is 80.6 Å². The first-order chi connectivity index (χ1) is 17.3. The van der Waals surface area contributed by atoms with Gasteiger partial charge >= 0.3 is 10.2 Å². The highest BCUT2D eigenvalue weighted by Gasteiger charge is 2.45. The van der Waals surface area contributed by atoms with Gasteiger partial charge in [0, 0.05) is 49.7 Å². The minimum Gasteiger partial charge on any atom is -0.496 e. The number of benzene rings is 2. The minimum absolute atomic E-state index is 0. The molecule has 2 atom stereocenters. The number of rotatable bonds is 5. The van der Waals surface area contributed by atoms with Crippen molar-refractivity contribution in [2.24, 2.45) is 5.92 Å². The van der Waals surface area contributed by atoms with Gasteiger partial charge in [-0.05, 0) is 60.8 Å². The first-order valence-electron chi connectivity index (χ1n) is 12.9. The Labute approximate surface area is 214 Å². The molecule has 1 aliphatic heterocycles. The van der Waals surface area contributed by atoms with Gasteiger partial charge in [0.25, 0.3) is 5.91 Å². The molecule has 1 aromatic heterocycles. The Morgan fingerprint density at radius 2 is 1.89 bits per heavy atom. The van der Waals surface area contributed by atoms with E-state index in [-0.39, 0.29) is 1.43 Å². The average molecular weight is 510 g/mol. The molecule has 2 fully saturated rings. The van der Waals surface area contributed by atoms with Crippen LogP contribution in [0.4, 0.5) is 0 Å². The summed E-state index contributed by atoms with van der Waals surface area (Å²) in [6.07, 6.45) is 7.21. The molecule has 3 aliphatic rings. The van der Waals surface area contributed by atoms with Crippen LogP contribution in [0.1, 0.15) is 73.3 Å². The molecule has 0 bridgehead atoms. The van der Waals surface area contributed by atoms with Crippen LogP contribution in [0.3, 0.4) is 0 Å². The lowest BCUT2D eigenvalue weighted by molar-refractivity contribution is 0.0980. The van der Waals surface area contributed by atoms with Gasteiger partial charge in [0.2, 0.25) is 0 Å². The summed E-state index contributed by atoms with van der Waals surface area (Å²) >= 11 is 0. The lowest BCUT2D eigenvalue weighted by atomic mass is 9.81. The van der Waals surface area contributed by atoms with E-state index in [1.165, 1.54) is 74.0 Å². The maximum absolute atomic E-state index is 13.0. The number of carbonyl (C=O) groups excluding carboxylic acids is 1. The van der Waals surface area contributed by atoms with E-state index in [4.69, 9.17) is 4.74 Å². The molecule has 2 unspecified atom stereocenters.